The molecule has 0 saturated heterocycles. The van der Waals surface area contributed by atoms with Gasteiger partial charge in [-0.2, -0.15) is 13.2 Å². The largest absolute Gasteiger partial charge is 0.491 e. The Morgan fingerprint density at radius 3 is 2.42 bits per heavy atom. The van der Waals surface area contributed by atoms with E-state index in [4.69, 9.17) is 10.5 Å². The van der Waals surface area contributed by atoms with E-state index in [-0.39, 0.29) is 45.6 Å². The third-order valence-corrected chi connectivity index (χ3v) is 6.13. The molecular weight excluding hydrogens is 539 g/mol. The van der Waals surface area contributed by atoms with E-state index in [9.17, 15) is 36.6 Å². The van der Waals surface area contributed by atoms with Gasteiger partial charge in [0.2, 0.25) is 11.5 Å². The first kappa shape index (κ1) is 28.5. The number of fused-ring (bicyclic) bond motifs is 1. The van der Waals surface area contributed by atoms with Crippen LogP contribution in [-0.4, -0.2) is 46.2 Å². The zero-order valence-corrected chi connectivity index (χ0v) is 20.9. The number of ether oxygens (including phenoxy) is 1. The molecule has 13 heteroatoms. The third kappa shape index (κ3) is 5.45. The van der Waals surface area contributed by atoms with Gasteiger partial charge in [-0.05, 0) is 55.5 Å². The molecule has 2 aromatic heterocycles. The Kier molecular flexibility index (Phi) is 7.78. The van der Waals surface area contributed by atoms with E-state index < -0.39 is 53.9 Å². The monoisotopic (exact) mass is 562 g/mol. The van der Waals surface area contributed by atoms with E-state index in [0.29, 0.717) is 0 Å². The molecule has 0 saturated carbocycles. The van der Waals surface area contributed by atoms with Gasteiger partial charge in [-0.25, -0.2) is 13.8 Å². The smallest absolute Gasteiger partial charge is 0.424 e. The van der Waals surface area contributed by atoms with Crippen LogP contribution >= 0.6 is 0 Å². The van der Waals surface area contributed by atoms with Crippen LogP contribution in [0.2, 0.25) is 0 Å². The number of halogens is 5. The van der Waals surface area contributed by atoms with Crippen LogP contribution in [-0.2, 0) is 16.8 Å². The summed E-state index contributed by atoms with van der Waals surface area (Å²) in [5, 5.41) is 13.1. The highest BCUT2D eigenvalue weighted by Gasteiger charge is 2.56. The van der Waals surface area contributed by atoms with Gasteiger partial charge in [-0.1, -0.05) is 0 Å². The Labute approximate surface area is 224 Å². The van der Waals surface area contributed by atoms with E-state index in [2.05, 4.69) is 9.97 Å². The van der Waals surface area contributed by atoms with Crippen molar-refractivity contribution in [2.24, 2.45) is 5.73 Å². The summed E-state index contributed by atoms with van der Waals surface area (Å²) in [5.74, 6) is -3.28. The number of amides is 2. The lowest BCUT2D eigenvalue weighted by Gasteiger charge is -2.31. The van der Waals surface area contributed by atoms with Gasteiger partial charge in [-0.15, -0.1) is 0 Å². The highest BCUT2D eigenvalue weighted by Crippen LogP contribution is 2.42. The molecule has 4 rings (SSSR count). The number of aromatic nitrogens is 2. The van der Waals surface area contributed by atoms with E-state index in [1.54, 1.807) is 6.92 Å². The molecule has 0 radical (unpaired) electrons. The fourth-order valence-corrected chi connectivity index (χ4v) is 4.18. The lowest BCUT2D eigenvalue weighted by atomic mass is 9.93. The SMILES string of the molecule is CCOc1c(CC(N)=O)cc([C@@](O)(CNC(=O)c2ccc(F)c3cc[nH]c23)C(F)(F)F)nc1-c1ccc(F)cc1. The molecule has 0 unspecified atom stereocenters. The number of aromatic amines is 1. The summed E-state index contributed by atoms with van der Waals surface area (Å²) in [6.07, 6.45) is -4.59. The number of nitrogens with two attached hydrogens (primary N) is 1. The molecule has 4 aromatic rings. The number of hydrogen-bond donors (Lipinski definition) is 4. The van der Waals surface area contributed by atoms with Crippen molar-refractivity contribution >= 4 is 22.7 Å². The van der Waals surface area contributed by atoms with E-state index in [0.717, 1.165) is 30.3 Å². The molecule has 0 bridgehead atoms. The lowest BCUT2D eigenvalue weighted by molar-refractivity contribution is -0.265. The van der Waals surface area contributed by atoms with Crippen molar-refractivity contribution in [3.05, 3.63) is 83.2 Å². The molecule has 0 aliphatic heterocycles. The highest BCUT2D eigenvalue weighted by molar-refractivity contribution is 6.05. The topological polar surface area (TPSA) is 130 Å². The van der Waals surface area contributed by atoms with Crippen LogP contribution in [0, 0.1) is 11.6 Å². The maximum absolute atomic E-state index is 14.5. The van der Waals surface area contributed by atoms with Crippen molar-refractivity contribution in [1.82, 2.24) is 15.3 Å². The maximum Gasteiger partial charge on any atom is 0.424 e. The number of alkyl halides is 3. The summed E-state index contributed by atoms with van der Waals surface area (Å²) in [7, 11) is 0. The van der Waals surface area contributed by atoms with Crippen molar-refractivity contribution in [2.45, 2.75) is 25.1 Å². The molecule has 0 fully saturated rings. The van der Waals surface area contributed by atoms with Crippen LogP contribution in [0.15, 0.2) is 54.7 Å². The molecule has 40 heavy (non-hydrogen) atoms. The highest BCUT2D eigenvalue weighted by atomic mass is 19.4. The van der Waals surface area contributed by atoms with E-state index in [1.807, 2.05) is 5.32 Å². The fraction of sp³-hybridized carbons (Fsp3) is 0.222. The summed E-state index contributed by atoms with van der Waals surface area (Å²) >= 11 is 0. The lowest BCUT2D eigenvalue weighted by Crippen LogP contribution is -2.51. The Bertz CT molecular complexity index is 1570. The van der Waals surface area contributed by atoms with Gasteiger partial charge in [0.25, 0.3) is 5.91 Å². The van der Waals surface area contributed by atoms with Crippen molar-refractivity contribution < 1.29 is 41.4 Å². The van der Waals surface area contributed by atoms with Crippen molar-refractivity contribution in [2.75, 3.05) is 13.2 Å². The van der Waals surface area contributed by atoms with E-state index >= 15 is 0 Å². The molecule has 0 aliphatic carbocycles. The Morgan fingerprint density at radius 2 is 1.80 bits per heavy atom. The molecule has 210 valence electrons. The molecule has 5 N–H and O–H groups in total. The minimum absolute atomic E-state index is 0.0332. The first-order valence-electron chi connectivity index (χ1n) is 11.9. The van der Waals surface area contributed by atoms with E-state index in [1.165, 1.54) is 24.4 Å². The van der Waals surface area contributed by atoms with Crippen molar-refractivity contribution in [3.8, 4) is 17.0 Å². The number of rotatable bonds is 9. The Balaban J connectivity index is 1.82. The number of pyridine rings is 1. The number of H-pyrrole nitrogens is 1. The summed E-state index contributed by atoms with van der Waals surface area (Å²) in [5.41, 5.74) is 0.285. The standard InChI is InChI=1S/C27H23F5N4O4/c1-2-40-24-15(12-21(33)37)11-20(36-22(24)14-3-5-16(28)6-4-14)26(39,27(30,31)32)13-35-25(38)18-7-8-19(29)17-9-10-34-23(17)18/h3-11,34,39H,2,12-13H2,1H3,(H2,33,37)(H,35,38)/t26-/m0/s1. The van der Waals surface area contributed by atoms with Gasteiger partial charge in [0, 0.05) is 22.7 Å². The summed E-state index contributed by atoms with van der Waals surface area (Å²) < 4.78 is 76.5. The average Bonchev–Trinajstić information content (AvgIpc) is 3.39. The minimum Gasteiger partial charge on any atom is -0.491 e. The Morgan fingerprint density at radius 1 is 1.10 bits per heavy atom. The summed E-state index contributed by atoms with van der Waals surface area (Å²) in [6.45, 7) is 0.231. The van der Waals surface area contributed by atoms with Crippen LogP contribution in [0.4, 0.5) is 22.0 Å². The van der Waals surface area contributed by atoms with Crippen LogP contribution < -0.4 is 15.8 Å². The zero-order valence-electron chi connectivity index (χ0n) is 20.9. The van der Waals surface area contributed by atoms with Crippen molar-refractivity contribution in [3.63, 3.8) is 0 Å². The van der Waals surface area contributed by atoms with Gasteiger partial charge < -0.3 is 25.9 Å². The summed E-state index contributed by atoms with van der Waals surface area (Å²) in [6, 6.07) is 8.83. The molecule has 0 spiro atoms. The first-order valence-corrected chi connectivity index (χ1v) is 11.9. The number of carbonyl (C=O) groups excluding carboxylic acids is 2. The number of primary amides is 1. The Hall–Kier alpha value is -4.52. The quantitative estimate of drug-likeness (QED) is 0.228. The van der Waals surface area contributed by atoms with Crippen molar-refractivity contribution in [1.29, 1.82) is 0 Å². The number of nitrogens with zero attached hydrogens (tertiary/aromatic N) is 1. The first-order chi connectivity index (χ1) is 18.9. The number of aliphatic hydroxyl groups is 1. The number of nitrogens with one attached hydrogen (secondary N) is 2. The number of hydrogen-bond acceptors (Lipinski definition) is 5. The molecule has 2 aromatic carbocycles. The fourth-order valence-electron chi connectivity index (χ4n) is 4.18. The third-order valence-electron chi connectivity index (χ3n) is 6.13. The second-order valence-electron chi connectivity index (χ2n) is 8.83. The van der Waals surface area contributed by atoms with Gasteiger partial charge >= 0.3 is 6.18 Å². The normalized spacial score (nSPS) is 13.2. The molecule has 2 amide bonds. The van der Waals surface area contributed by atoms with Gasteiger partial charge in [0.15, 0.2) is 0 Å². The molecule has 0 aliphatic rings. The van der Waals surface area contributed by atoms with Crippen LogP contribution in [0.25, 0.3) is 22.2 Å². The second kappa shape index (κ2) is 10.9. The predicted octanol–water partition coefficient (Wildman–Crippen LogP) is 4.11. The maximum atomic E-state index is 14.5. The molecular formula is C27H23F5N4O4. The number of benzene rings is 2. The zero-order chi connectivity index (χ0) is 29.2. The summed E-state index contributed by atoms with van der Waals surface area (Å²) in [4.78, 5) is 31.3. The van der Waals surface area contributed by atoms with Crippen LogP contribution in [0.3, 0.4) is 0 Å². The average molecular weight is 562 g/mol. The molecule has 2 heterocycles. The van der Waals surface area contributed by atoms with Gasteiger partial charge in [-0.3, -0.25) is 9.59 Å². The molecule has 1 atom stereocenters. The minimum atomic E-state index is -5.38. The second-order valence-corrected chi connectivity index (χ2v) is 8.83. The van der Waals surface area contributed by atoms with Crippen LogP contribution in [0.5, 0.6) is 5.75 Å². The molecule has 8 nitrogen and oxygen atoms in total. The van der Waals surface area contributed by atoms with Gasteiger partial charge in [0.1, 0.15) is 23.1 Å². The number of carbonyl (C=O) groups is 2. The van der Waals surface area contributed by atoms with Gasteiger partial charge in [0.05, 0.1) is 36.3 Å². The van der Waals surface area contributed by atoms with Crippen LogP contribution in [0.1, 0.15) is 28.5 Å². The predicted molar refractivity (Wildman–Crippen MR) is 134 cm³/mol.